The summed E-state index contributed by atoms with van der Waals surface area (Å²) < 4.78 is 1.09. The first-order chi connectivity index (χ1) is 9.70. The topological polar surface area (TPSA) is 52.6 Å². The lowest BCUT2D eigenvalue weighted by atomic mass is 9.86. The third-order valence-corrected chi connectivity index (χ3v) is 4.82. The van der Waals surface area contributed by atoms with Gasteiger partial charge in [-0.2, -0.15) is 0 Å². The monoisotopic (exact) mass is 354 g/mol. The van der Waals surface area contributed by atoms with Crippen molar-refractivity contribution >= 4 is 27.5 Å². The average Bonchev–Trinajstić information content (AvgIpc) is 2.40. The van der Waals surface area contributed by atoms with Crippen molar-refractivity contribution in [1.29, 1.82) is 0 Å². The van der Waals surface area contributed by atoms with Gasteiger partial charge in [0.15, 0.2) is 0 Å². The van der Waals surface area contributed by atoms with E-state index in [1.165, 1.54) is 25.0 Å². The number of anilines is 1. The molecule has 21 heavy (non-hydrogen) atoms. The number of hydrogen-bond acceptors (Lipinski definition) is 3. The van der Waals surface area contributed by atoms with Crippen LogP contribution in [-0.2, 0) is 17.6 Å². The average molecular weight is 355 g/mol. The normalized spacial score (nSPS) is 18.5. The van der Waals surface area contributed by atoms with E-state index < -0.39 is 5.60 Å². The number of carbonyl (C=O) groups is 1. The lowest BCUT2D eigenvalue weighted by molar-refractivity contribution is -0.130. The zero-order valence-electron chi connectivity index (χ0n) is 13.0. The van der Waals surface area contributed by atoms with Crippen molar-refractivity contribution in [2.45, 2.75) is 44.8 Å². The van der Waals surface area contributed by atoms with Gasteiger partial charge in [-0.3, -0.25) is 4.79 Å². The minimum absolute atomic E-state index is 0.373. The minimum Gasteiger partial charge on any atom is -0.381 e. The lowest BCUT2D eigenvalue weighted by Gasteiger charge is -2.32. The molecule has 4 nitrogen and oxygen atoms in total. The zero-order valence-corrected chi connectivity index (χ0v) is 14.6. The van der Waals surface area contributed by atoms with E-state index in [2.05, 4.69) is 40.2 Å². The molecule has 0 aromatic heterocycles. The number of nitrogens with one attached hydrogen (secondary N) is 1. The van der Waals surface area contributed by atoms with Crippen LogP contribution in [0.15, 0.2) is 16.6 Å². The van der Waals surface area contributed by atoms with Gasteiger partial charge >= 0.3 is 0 Å². The quantitative estimate of drug-likeness (QED) is 0.876. The van der Waals surface area contributed by atoms with Gasteiger partial charge in [-0.05, 0) is 70.5 Å². The highest BCUT2D eigenvalue weighted by atomic mass is 79.9. The van der Waals surface area contributed by atoms with Gasteiger partial charge < -0.3 is 15.3 Å². The minimum atomic E-state index is -1.37. The largest absolute Gasteiger partial charge is 0.381 e. The summed E-state index contributed by atoms with van der Waals surface area (Å²) >= 11 is 3.62. The maximum absolute atomic E-state index is 12.0. The van der Waals surface area contributed by atoms with Crippen molar-refractivity contribution in [3.63, 3.8) is 0 Å². The Morgan fingerprint density at radius 2 is 2.05 bits per heavy atom. The number of hydrogen-bond donors (Lipinski definition) is 2. The van der Waals surface area contributed by atoms with Gasteiger partial charge in [-0.1, -0.05) is 15.9 Å². The van der Waals surface area contributed by atoms with Crippen molar-refractivity contribution in [2.24, 2.45) is 0 Å². The van der Waals surface area contributed by atoms with Crippen LogP contribution in [0.25, 0.3) is 0 Å². The Balaban J connectivity index is 2.31. The third-order valence-electron chi connectivity index (χ3n) is 4.08. The molecule has 0 radical (unpaired) electrons. The summed E-state index contributed by atoms with van der Waals surface area (Å²) in [6.45, 7) is 2.99. The molecular weight excluding hydrogens is 332 g/mol. The molecule has 2 N–H and O–H groups in total. The van der Waals surface area contributed by atoms with E-state index in [1.807, 2.05) is 12.1 Å². The van der Waals surface area contributed by atoms with Crippen LogP contribution in [0.4, 0.5) is 5.69 Å². The number of fused-ring (bicyclic) bond motifs is 1. The Morgan fingerprint density at radius 3 is 2.62 bits per heavy atom. The predicted molar refractivity (Wildman–Crippen MR) is 88.6 cm³/mol. The molecule has 1 amide bonds. The van der Waals surface area contributed by atoms with Crippen LogP contribution in [0, 0.1) is 0 Å². The van der Waals surface area contributed by atoms with Gasteiger partial charge in [0.25, 0.3) is 5.91 Å². The molecule has 1 atom stereocenters. The first-order valence-electron chi connectivity index (χ1n) is 7.20. The molecule has 1 unspecified atom stereocenters. The van der Waals surface area contributed by atoms with Crippen LogP contribution in [0.2, 0.25) is 0 Å². The molecule has 116 valence electrons. The summed E-state index contributed by atoms with van der Waals surface area (Å²) in [4.78, 5) is 14.2. The Hall–Kier alpha value is -0.910. The Bertz CT molecular complexity index is 550. The second kappa shape index (κ2) is 6.07. The van der Waals surface area contributed by atoms with E-state index in [-0.39, 0.29) is 5.91 Å². The maximum Gasteiger partial charge on any atom is 0.255 e. The number of aliphatic hydroxyl groups is 1. The van der Waals surface area contributed by atoms with Crippen molar-refractivity contribution in [3.8, 4) is 0 Å². The highest BCUT2D eigenvalue weighted by molar-refractivity contribution is 9.10. The Morgan fingerprint density at radius 1 is 1.38 bits per heavy atom. The molecule has 0 aliphatic heterocycles. The van der Waals surface area contributed by atoms with Crippen LogP contribution in [-0.4, -0.2) is 41.7 Å². The molecule has 1 aromatic carbocycles. The zero-order chi connectivity index (χ0) is 15.8. The van der Waals surface area contributed by atoms with E-state index in [9.17, 15) is 9.90 Å². The fourth-order valence-electron chi connectivity index (χ4n) is 2.65. The summed E-state index contributed by atoms with van der Waals surface area (Å²) in [5, 5.41) is 12.7. The van der Waals surface area contributed by atoms with Gasteiger partial charge in [-0.25, -0.2) is 0 Å². The molecule has 0 bridgehead atoms. The second-order valence-electron chi connectivity index (χ2n) is 6.43. The molecule has 1 aliphatic carbocycles. The molecule has 0 fully saturated rings. The van der Waals surface area contributed by atoms with Crippen molar-refractivity contribution in [3.05, 3.63) is 27.7 Å². The number of rotatable bonds is 3. The van der Waals surface area contributed by atoms with Gasteiger partial charge in [-0.15, -0.1) is 0 Å². The number of amides is 1. The van der Waals surface area contributed by atoms with Crippen LogP contribution in [0.3, 0.4) is 0 Å². The van der Waals surface area contributed by atoms with Crippen LogP contribution in [0.5, 0.6) is 0 Å². The molecule has 0 spiro atoms. The van der Waals surface area contributed by atoms with Gasteiger partial charge in [0, 0.05) is 16.2 Å². The predicted octanol–water partition coefficient (Wildman–Crippen LogP) is 2.58. The van der Waals surface area contributed by atoms with Crippen molar-refractivity contribution < 1.29 is 9.90 Å². The molecule has 5 heteroatoms. The van der Waals surface area contributed by atoms with Crippen molar-refractivity contribution in [2.75, 3.05) is 19.4 Å². The fourth-order valence-corrected chi connectivity index (χ4v) is 3.19. The second-order valence-corrected chi connectivity index (χ2v) is 7.28. The number of nitrogens with zero attached hydrogens (tertiary/aromatic N) is 1. The molecular formula is C16H23BrN2O2. The van der Waals surface area contributed by atoms with E-state index in [0.29, 0.717) is 6.04 Å². The fraction of sp³-hybridized carbons (Fsp3) is 0.562. The third kappa shape index (κ3) is 3.65. The summed E-state index contributed by atoms with van der Waals surface area (Å²) in [5.74, 6) is -0.373. The van der Waals surface area contributed by atoms with E-state index in [0.717, 1.165) is 29.4 Å². The molecule has 0 saturated carbocycles. The highest BCUT2D eigenvalue weighted by Gasteiger charge is 2.28. The first-order valence-corrected chi connectivity index (χ1v) is 8.00. The highest BCUT2D eigenvalue weighted by Crippen LogP contribution is 2.34. The number of benzene rings is 1. The molecule has 1 aliphatic rings. The molecule has 2 rings (SSSR count). The molecule has 1 aromatic rings. The Kier molecular flexibility index (Phi) is 4.76. The first kappa shape index (κ1) is 16.5. The number of carbonyl (C=O) groups excluding carboxylic acids is 1. The molecule has 0 saturated heterocycles. The Labute approximate surface area is 134 Å². The lowest BCUT2D eigenvalue weighted by Crippen LogP contribution is -2.38. The summed E-state index contributed by atoms with van der Waals surface area (Å²) in [7, 11) is 4.20. The van der Waals surface area contributed by atoms with E-state index in [1.54, 1.807) is 0 Å². The number of halogens is 1. The van der Waals surface area contributed by atoms with Gasteiger partial charge in [0.2, 0.25) is 0 Å². The van der Waals surface area contributed by atoms with Crippen LogP contribution in [0.1, 0.15) is 31.4 Å². The smallest absolute Gasteiger partial charge is 0.255 e. The standard InChI is InChI=1S/C16H23BrN2O2/c1-16(2,21)15(20)18-14-8-7-13(17)12-9-10(19(3)4)5-6-11(12)14/h7-8,10,21H,5-6,9H2,1-4H3,(H,18,20). The van der Waals surface area contributed by atoms with E-state index >= 15 is 0 Å². The molecule has 0 heterocycles. The van der Waals surface area contributed by atoms with E-state index in [4.69, 9.17) is 0 Å². The van der Waals surface area contributed by atoms with Crippen molar-refractivity contribution in [1.82, 2.24) is 4.90 Å². The maximum atomic E-state index is 12.0. The summed E-state index contributed by atoms with van der Waals surface area (Å²) in [5.41, 5.74) is 1.88. The SMILES string of the molecule is CN(C)C1CCc2c(NC(=O)C(C)(C)O)ccc(Br)c2C1. The van der Waals surface area contributed by atoms with Crippen LogP contribution < -0.4 is 5.32 Å². The number of likely N-dealkylation sites (N-methyl/N-ethyl adjacent to an activating group) is 1. The van der Waals surface area contributed by atoms with Gasteiger partial charge in [0.1, 0.15) is 5.60 Å². The van der Waals surface area contributed by atoms with Gasteiger partial charge in [0.05, 0.1) is 0 Å². The van der Waals surface area contributed by atoms with Crippen LogP contribution >= 0.6 is 15.9 Å². The summed E-state index contributed by atoms with van der Waals surface area (Å²) in [6.07, 6.45) is 2.97. The summed E-state index contributed by atoms with van der Waals surface area (Å²) in [6, 6.07) is 4.40.